The Hall–Kier alpha value is -1.53. The van der Waals surface area contributed by atoms with Crippen LogP contribution in [-0.4, -0.2) is 27.5 Å². The second kappa shape index (κ2) is 5.63. The molecule has 2 aromatic rings. The number of benzene rings is 1. The fourth-order valence-corrected chi connectivity index (χ4v) is 2.96. The van der Waals surface area contributed by atoms with Crippen LogP contribution in [0.5, 0.6) is 5.75 Å². The zero-order valence-corrected chi connectivity index (χ0v) is 11.3. The minimum atomic E-state index is -0.0808. The number of aromatic amines is 1. The molecular formula is C13H16N4OS. The average molecular weight is 276 g/mol. The van der Waals surface area contributed by atoms with Gasteiger partial charge in [-0.1, -0.05) is 12.1 Å². The van der Waals surface area contributed by atoms with E-state index in [9.17, 15) is 0 Å². The van der Waals surface area contributed by atoms with Crippen molar-refractivity contribution in [2.75, 3.05) is 12.3 Å². The van der Waals surface area contributed by atoms with E-state index in [1.54, 1.807) is 11.8 Å². The highest BCUT2D eigenvalue weighted by atomic mass is 32.2. The van der Waals surface area contributed by atoms with Crippen LogP contribution in [0.15, 0.2) is 29.2 Å². The van der Waals surface area contributed by atoms with Crippen molar-refractivity contribution in [3.63, 3.8) is 0 Å². The van der Waals surface area contributed by atoms with Crippen LogP contribution in [0, 0.1) is 0 Å². The summed E-state index contributed by atoms with van der Waals surface area (Å²) in [5, 5.41) is 7.21. The number of aromatic nitrogens is 3. The van der Waals surface area contributed by atoms with E-state index < -0.39 is 0 Å². The molecule has 0 amide bonds. The van der Waals surface area contributed by atoms with Crippen LogP contribution >= 0.6 is 11.8 Å². The minimum Gasteiger partial charge on any atom is -0.480 e. The molecule has 19 heavy (non-hydrogen) atoms. The summed E-state index contributed by atoms with van der Waals surface area (Å²) in [5.74, 6) is 3.37. The summed E-state index contributed by atoms with van der Waals surface area (Å²) in [6.07, 6.45) is 1.67. The second-order valence-corrected chi connectivity index (χ2v) is 5.46. The van der Waals surface area contributed by atoms with Crippen LogP contribution in [-0.2, 0) is 6.42 Å². The smallest absolute Gasteiger partial charge is 0.192 e. The lowest BCUT2D eigenvalue weighted by Gasteiger charge is -2.23. The van der Waals surface area contributed by atoms with E-state index in [0.29, 0.717) is 6.54 Å². The summed E-state index contributed by atoms with van der Waals surface area (Å²) in [6, 6.07) is 8.05. The summed E-state index contributed by atoms with van der Waals surface area (Å²) in [4.78, 5) is 5.66. The van der Waals surface area contributed by atoms with Gasteiger partial charge >= 0.3 is 0 Å². The molecular weight excluding hydrogens is 260 g/mol. The van der Waals surface area contributed by atoms with Crippen molar-refractivity contribution >= 4 is 11.8 Å². The topological polar surface area (TPSA) is 76.8 Å². The van der Waals surface area contributed by atoms with Gasteiger partial charge in [-0.25, -0.2) is 4.98 Å². The molecule has 0 saturated carbocycles. The van der Waals surface area contributed by atoms with E-state index in [1.165, 1.54) is 4.90 Å². The fraction of sp³-hybridized carbons (Fsp3) is 0.385. The lowest BCUT2D eigenvalue weighted by molar-refractivity contribution is 0.210. The van der Waals surface area contributed by atoms with Gasteiger partial charge in [0, 0.05) is 17.1 Å². The first kappa shape index (κ1) is 12.5. The maximum absolute atomic E-state index is 5.95. The normalized spacial score (nSPS) is 17.8. The number of aryl methyl sites for hydroxylation is 1. The Morgan fingerprint density at radius 3 is 3.21 bits per heavy atom. The number of rotatable bonds is 4. The van der Waals surface area contributed by atoms with Crippen LogP contribution in [0.25, 0.3) is 0 Å². The van der Waals surface area contributed by atoms with E-state index in [2.05, 4.69) is 21.2 Å². The number of thioether (sulfide) groups is 1. The molecule has 1 aliphatic rings. The highest BCUT2D eigenvalue weighted by Crippen LogP contribution is 2.39. The molecule has 1 atom stereocenters. The Morgan fingerprint density at radius 1 is 1.42 bits per heavy atom. The number of hydrogen-bond acceptors (Lipinski definition) is 5. The van der Waals surface area contributed by atoms with Crippen molar-refractivity contribution in [2.24, 2.45) is 5.73 Å². The molecule has 0 bridgehead atoms. The molecule has 0 saturated heterocycles. The van der Waals surface area contributed by atoms with Gasteiger partial charge in [0.15, 0.2) is 11.9 Å². The Labute approximate surface area is 116 Å². The molecule has 0 radical (unpaired) electrons. The Balaban J connectivity index is 1.72. The standard InChI is InChI=1S/C13H16N4OS/c14-7-3-6-12-15-13(17-16-12)10-8-19-11-5-2-1-4-9(11)18-10/h1-2,4-5,10H,3,6-8,14H2,(H,15,16,17). The fourth-order valence-electron chi connectivity index (χ4n) is 1.98. The summed E-state index contributed by atoms with van der Waals surface area (Å²) >= 11 is 1.78. The zero-order valence-electron chi connectivity index (χ0n) is 10.5. The van der Waals surface area contributed by atoms with Crippen molar-refractivity contribution < 1.29 is 4.74 Å². The van der Waals surface area contributed by atoms with Crippen molar-refractivity contribution in [1.29, 1.82) is 0 Å². The first-order valence-electron chi connectivity index (χ1n) is 6.36. The molecule has 1 aromatic carbocycles. The summed E-state index contributed by atoms with van der Waals surface area (Å²) in [7, 11) is 0. The number of ether oxygens (including phenoxy) is 1. The SMILES string of the molecule is NCCCc1nc(C2CSc3ccccc3O2)n[nH]1. The minimum absolute atomic E-state index is 0.0808. The zero-order chi connectivity index (χ0) is 13.1. The Morgan fingerprint density at radius 2 is 2.32 bits per heavy atom. The maximum atomic E-state index is 5.95. The summed E-state index contributed by atoms with van der Waals surface area (Å²) in [6.45, 7) is 0.666. The number of fused-ring (bicyclic) bond motifs is 1. The van der Waals surface area contributed by atoms with Crippen LogP contribution in [0.1, 0.15) is 24.2 Å². The summed E-state index contributed by atoms with van der Waals surface area (Å²) in [5.41, 5.74) is 5.49. The van der Waals surface area contributed by atoms with E-state index >= 15 is 0 Å². The molecule has 1 aliphatic heterocycles. The highest BCUT2D eigenvalue weighted by molar-refractivity contribution is 7.99. The maximum Gasteiger partial charge on any atom is 0.192 e. The van der Waals surface area contributed by atoms with E-state index in [1.807, 2.05) is 18.2 Å². The quantitative estimate of drug-likeness (QED) is 0.892. The third-order valence-electron chi connectivity index (χ3n) is 2.96. The van der Waals surface area contributed by atoms with Gasteiger partial charge in [0.25, 0.3) is 0 Å². The number of para-hydroxylation sites is 1. The second-order valence-electron chi connectivity index (χ2n) is 4.40. The predicted octanol–water partition coefficient (Wildman–Crippen LogP) is 1.92. The largest absolute Gasteiger partial charge is 0.480 e. The van der Waals surface area contributed by atoms with Crippen molar-refractivity contribution in [3.05, 3.63) is 35.9 Å². The van der Waals surface area contributed by atoms with Crippen LogP contribution in [0.4, 0.5) is 0 Å². The molecule has 100 valence electrons. The molecule has 0 aliphatic carbocycles. The van der Waals surface area contributed by atoms with Gasteiger partial charge in [-0.15, -0.1) is 11.8 Å². The van der Waals surface area contributed by atoms with E-state index in [0.717, 1.165) is 36.0 Å². The molecule has 1 unspecified atom stereocenters. The number of nitrogens with zero attached hydrogens (tertiary/aromatic N) is 2. The summed E-state index contributed by atoms with van der Waals surface area (Å²) < 4.78 is 5.95. The van der Waals surface area contributed by atoms with Crippen molar-refractivity contribution in [2.45, 2.75) is 23.8 Å². The molecule has 0 spiro atoms. The lowest BCUT2D eigenvalue weighted by Crippen LogP contribution is -2.16. The average Bonchev–Trinajstić information content (AvgIpc) is 2.93. The van der Waals surface area contributed by atoms with E-state index in [4.69, 9.17) is 10.5 Å². The molecule has 5 nitrogen and oxygen atoms in total. The van der Waals surface area contributed by atoms with Gasteiger partial charge in [-0.2, -0.15) is 5.10 Å². The number of nitrogens with one attached hydrogen (secondary N) is 1. The lowest BCUT2D eigenvalue weighted by atomic mass is 10.3. The van der Waals surface area contributed by atoms with E-state index in [-0.39, 0.29) is 6.10 Å². The van der Waals surface area contributed by atoms with Crippen LogP contribution in [0.2, 0.25) is 0 Å². The van der Waals surface area contributed by atoms with Gasteiger partial charge in [-0.3, -0.25) is 5.10 Å². The van der Waals surface area contributed by atoms with Gasteiger partial charge in [0.2, 0.25) is 0 Å². The molecule has 3 rings (SSSR count). The molecule has 3 N–H and O–H groups in total. The third kappa shape index (κ3) is 2.74. The third-order valence-corrected chi connectivity index (χ3v) is 4.08. The molecule has 1 aromatic heterocycles. The first-order valence-corrected chi connectivity index (χ1v) is 7.35. The highest BCUT2D eigenvalue weighted by Gasteiger charge is 2.24. The Kier molecular flexibility index (Phi) is 3.70. The van der Waals surface area contributed by atoms with Crippen molar-refractivity contribution in [1.82, 2.24) is 15.2 Å². The van der Waals surface area contributed by atoms with Crippen LogP contribution < -0.4 is 10.5 Å². The van der Waals surface area contributed by atoms with Crippen molar-refractivity contribution in [3.8, 4) is 5.75 Å². The monoisotopic (exact) mass is 276 g/mol. The van der Waals surface area contributed by atoms with Gasteiger partial charge in [0.05, 0.1) is 0 Å². The van der Waals surface area contributed by atoms with Crippen LogP contribution in [0.3, 0.4) is 0 Å². The van der Waals surface area contributed by atoms with Gasteiger partial charge < -0.3 is 10.5 Å². The number of hydrogen-bond donors (Lipinski definition) is 2. The predicted molar refractivity (Wildman–Crippen MR) is 74.3 cm³/mol. The number of H-pyrrole nitrogens is 1. The van der Waals surface area contributed by atoms with Gasteiger partial charge in [0.1, 0.15) is 11.6 Å². The molecule has 2 heterocycles. The number of nitrogens with two attached hydrogens (primary N) is 1. The first-order chi connectivity index (χ1) is 9.36. The Bertz CT molecular complexity index is 557. The molecule has 0 fully saturated rings. The van der Waals surface area contributed by atoms with Gasteiger partial charge in [-0.05, 0) is 25.1 Å². The molecule has 6 heteroatoms.